The zero-order chi connectivity index (χ0) is 12.3. The lowest BCUT2D eigenvalue weighted by atomic mass is 9.94. The second-order valence-corrected chi connectivity index (χ2v) is 5.06. The van der Waals surface area contributed by atoms with Gasteiger partial charge in [0.15, 0.2) is 0 Å². The minimum absolute atomic E-state index is 0.322. The Hall–Kier alpha value is -1.31. The lowest BCUT2D eigenvalue weighted by Gasteiger charge is -2.24. The summed E-state index contributed by atoms with van der Waals surface area (Å²) in [6.45, 7) is 6.57. The van der Waals surface area contributed by atoms with E-state index in [9.17, 15) is 4.79 Å². The van der Waals surface area contributed by atoms with Crippen LogP contribution in [-0.2, 0) is 4.79 Å². The van der Waals surface area contributed by atoms with Gasteiger partial charge in [-0.1, -0.05) is 24.6 Å². The fraction of sp³-hybridized carbons (Fsp3) is 0.533. The van der Waals surface area contributed by atoms with E-state index in [1.54, 1.807) is 0 Å². The summed E-state index contributed by atoms with van der Waals surface area (Å²) in [5.74, 6) is 0.322. The molecule has 1 unspecified atom stereocenters. The van der Waals surface area contributed by atoms with Gasteiger partial charge in [-0.2, -0.15) is 0 Å². The number of carbonyl (C=O) groups excluding carboxylic acids is 1. The number of hydrogen-bond donors (Lipinski definition) is 0. The number of rotatable bonds is 4. The summed E-state index contributed by atoms with van der Waals surface area (Å²) < 4.78 is 0. The Morgan fingerprint density at radius 2 is 2.06 bits per heavy atom. The molecule has 0 N–H and O–H groups in total. The average molecular weight is 231 g/mol. The fourth-order valence-electron chi connectivity index (χ4n) is 2.59. The van der Waals surface area contributed by atoms with Gasteiger partial charge in [0.05, 0.1) is 0 Å². The SMILES string of the molecule is Cc1ccc(N2CCCC2)c(C(C)CC=O)c1. The second-order valence-electron chi connectivity index (χ2n) is 5.06. The normalized spacial score (nSPS) is 17.2. The van der Waals surface area contributed by atoms with Crippen molar-refractivity contribution in [3.05, 3.63) is 29.3 Å². The van der Waals surface area contributed by atoms with Crippen LogP contribution in [-0.4, -0.2) is 19.4 Å². The van der Waals surface area contributed by atoms with Crippen molar-refractivity contribution in [2.45, 2.75) is 39.0 Å². The van der Waals surface area contributed by atoms with Gasteiger partial charge in [-0.15, -0.1) is 0 Å². The number of anilines is 1. The van der Waals surface area contributed by atoms with Crippen LogP contribution in [0.2, 0.25) is 0 Å². The summed E-state index contributed by atoms with van der Waals surface area (Å²) in [4.78, 5) is 13.1. The first-order valence-corrected chi connectivity index (χ1v) is 6.51. The Morgan fingerprint density at radius 3 is 2.71 bits per heavy atom. The molecule has 0 spiro atoms. The first-order valence-electron chi connectivity index (χ1n) is 6.51. The van der Waals surface area contributed by atoms with Crippen LogP contribution in [0.3, 0.4) is 0 Å². The Labute approximate surface area is 104 Å². The van der Waals surface area contributed by atoms with E-state index in [1.807, 2.05) is 0 Å². The highest BCUT2D eigenvalue weighted by Gasteiger charge is 2.18. The molecule has 92 valence electrons. The van der Waals surface area contributed by atoms with Crippen LogP contribution in [0.5, 0.6) is 0 Å². The summed E-state index contributed by atoms with van der Waals surface area (Å²) in [6, 6.07) is 6.63. The maximum atomic E-state index is 10.7. The predicted molar refractivity (Wildman–Crippen MR) is 71.7 cm³/mol. The van der Waals surface area contributed by atoms with Gasteiger partial charge in [0.1, 0.15) is 6.29 Å². The minimum atomic E-state index is 0.322. The Kier molecular flexibility index (Phi) is 3.82. The van der Waals surface area contributed by atoms with Crippen LogP contribution in [0.4, 0.5) is 5.69 Å². The van der Waals surface area contributed by atoms with Crippen molar-refractivity contribution >= 4 is 12.0 Å². The molecule has 0 saturated carbocycles. The van der Waals surface area contributed by atoms with E-state index < -0.39 is 0 Å². The molecule has 1 atom stereocenters. The lowest BCUT2D eigenvalue weighted by molar-refractivity contribution is -0.108. The van der Waals surface area contributed by atoms with Gasteiger partial charge in [-0.25, -0.2) is 0 Å². The molecular weight excluding hydrogens is 210 g/mol. The molecule has 0 amide bonds. The molecule has 0 radical (unpaired) electrons. The van der Waals surface area contributed by atoms with Crippen molar-refractivity contribution in [3.63, 3.8) is 0 Å². The van der Waals surface area contributed by atoms with Crippen molar-refractivity contribution in [1.29, 1.82) is 0 Å². The third-order valence-corrected chi connectivity index (χ3v) is 3.61. The van der Waals surface area contributed by atoms with Crippen molar-refractivity contribution < 1.29 is 4.79 Å². The Morgan fingerprint density at radius 1 is 1.35 bits per heavy atom. The standard InChI is InChI=1S/C15H21NO/c1-12-5-6-15(16-8-3-4-9-16)14(11-12)13(2)7-10-17/h5-6,10-11,13H,3-4,7-9H2,1-2H3. The monoisotopic (exact) mass is 231 g/mol. The van der Waals surface area contributed by atoms with Gasteiger partial charge in [0.25, 0.3) is 0 Å². The zero-order valence-corrected chi connectivity index (χ0v) is 10.8. The van der Waals surface area contributed by atoms with E-state index in [4.69, 9.17) is 0 Å². The van der Waals surface area contributed by atoms with E-state index in [0.717, 1.165) is 19.4 Å². The van der Waals surface area contributed by atoms with Crippen molar-refractivity contribution in [2.75, 3.05) is 18.0 Å². The van der Waals surface area contributed by atoms with E-state index >= 15 is 0 Å². The predicted octanol–water partition coefficient (Wildman–Crippen LogP) is 3.29. The average Bonchev–Trinajstić information content (AvgIpc) is 2.82. The van der Waals surface area contributed by atoms with E-state index in [0.29, 0.717) is 12.3 Å². The third kappa shape index (κ3) is 2.68. The van der Waals surface area contributed by atoms with Gasteiger partial charge in [-0.05, 0) is 37.3 Å². The molecular formula is C15H21NO. The van der Waals surface area contributed by atoms with Crippen LogP contribution in [0.25, 0.3) is 0 Å². The van der Waals surface area contributed by atoms with E-state index in [2.05, 4.69) is 36.9 Å². The molecule has 1 aromatic rings. The molecule has 1 saturated heterocycles. The van der Waals surface area contributed by atoms with Crippen molar-refractivity contribution in [2.24, 2.45) is 0 Å². The van der Waals surface area contributed by atoms with Gasteiger partial charge in [0, 0.05) is 25.2 Å². The highest BCUT2D eigenvalue weighted by Crippen LogP contribution is 2.32. The minimum Gasteiger partial charge on any atom is -0.371 e. The molecule has 1 aromatic carbocycles. The number of nitrogens with zero attached hydrogens (tertiary/aromatic N) is 1. The van der Waals surface area contributed by atoms with Crippen LogP contribution in [0.1, 0.15) is 43.2 Å². The smallest absolute Gasteiger partial charge is 0.120 e. The number of hydrogen-bond acceptors (Lipinski definition) is 2. The van der Waals surface area contributed by atoms with Crippen LogP contribution in [0, 0.1) is 6.92 Å². The molecule has 2 heteroatoms. The summed E-state index contributed by atoms with van der Waals surface area (Å²) in [7, 11) is 0. The van der Waals surface area contributed by atoms with E-state index in [1.165, 1.54) is 29.7 Å². The largest absolute Gasteiger partial charge is 0.371 e. The zero-order valence-electron chi connectivity index (χ0n) is 10.8. The van der Waals surface area contributed by atoms with Crippen molar-refractivity contribution in [1.82, 2.24) is 0 Å². The lowest BCUT2D eigenvalue weighted by Crippen LogP contribution is -2.20. The number of benzene rings is 1. The first kappa shape index (κ1) is 12.2. The maximum Gasteiger partial charge on any atom is 0.120 e. The third-order valence-electron chi connectivity index (χ3n) is 3.61. The summed E-state index contributed by atoms with van der Waals surface area (Å²) in [6.07, 6.45) is 4.22. The Bertz CT molecular complexity index is 394. The Balaban J connectivity index is 2.32. The molecule has 0 aliphatic carbocycles. The van der Waals surface area contributed by atoms with Crippen LogP contribution in [0.15, 0.2) is 18.2 Å². The summed E-state index contributed by atoms with van der Waals surface area (Å²) >= 11 is 0. The van der Waals surface area contributed by atoms with Crippen molar-refractivity contribution in [3.8, 4) is 0 Å². The van der Waals surface area contributed by atoms with Gasteiger partial charge < -0.3 is 9.69 Å². The number of carbonyl (C=O) groups is 1. The molecule has 1 aliphatic rings. The first-order chi connectivity index (χ1) is 8.22. The molecule has 1 heterocycles. The molecule has 1 fully saturated rings. The van der Waals surface area contributed by atoms with E-state index in [-0.39, 0.29) is 0 Å². The van der Waals surface area contributed by atoms with Crippen LogP contribution < -0.4 is 4.90 Å². The molecule has 0 bridgehead atoms. The fourth-order valence-corrected chi connectivity index (χ4v) is 2.59. The maximum absolute atomic E-state index is 10.7. The highest BCUT2D eigenvalue weighted by atomic mass is 16.1. The molecule has 0 aromatic heterocycles. The van der Waals surface area contributed by atoms with Crippen LogP contribution >= 0.6 is 0 Å². The highest BCUT2D eigenvalue weighted by molar-refractivity contribution is 5.60. The van der Waals surface area contributed by atoms with Gasteiger partial charge in [-0.3, -0.25) is 0 Å². The quantitative estimate of drug-likeness (QED) is 0.741. The molecule has 1 aliphatic heterocycles. The summed E-state index contributed by atoms with van der Waals surface area (Å²) in [5.41, 5.74) is 3.95. The topological polar surface area (TPSA) is 20.3 Å². The van der Waals surface area contributed by atoms with Gasteiger partial charge >= 0.3 is 0 Å². The molecule has 2 nitrogen and oxygen atoms in total. The number of aldehydes is 1. The molecule has 2 rings (SSSR count). The van der Waals surface area contributed by atoms with Gasteiger partial charge in [0.2, 0.25) is 0 Å². The number of aryl methyl sites for hydroxylation is 1. The second kappa shape index (κ2) is 5.35. The molecule has 17 heavy (non-hydrogen) atoms. The summed E-state index contributed by atoms with van der Waals surface area (Å²) in [5, 5.41) is 0.